The summed E-state index contributed by atoms with van der Waals surface area (Å²) in [5.41, 5.74) is -0.0259. The Bertz CT molecular complexity index is 1070. The van der Waals surface area contributed by atoms with E-state index < -0.39 is 5.63 Å². The topological polar surface area (TPSA) is 86.8 Å². The first kappa shape index (κ1) is 20.3. The lowest BCUT2D eigenvalue weighted by Gasteiger charge is -2.31. The van der Waals surface area contributed by atoms with Crippen molar-refractivity contribution in [2.45, 2.75) is 25.5 Å². The number of imidazole rings is 1. The van der Waals surface area contributed by atoms with Gasteiger partial charge in [-0.2, -0.15) is 0 Å². The number of carbonyl (C=O) groups is 1. The van der Waals surface area contributed by atoms with E-state index in [-0.39, 0.29) is 17.4 Å². The molecule has 8 heteroatoms. The molecule has 0 bridgehead atoms. The second-order valence-corrected chi connectivity index (χ2v) is 7.34. The first-order valence-electron chi connectivity index (χ1n) is 10.1. The van der Waals surface area contributed by atoms with Crippen molar-refractivity contribution < 1.29 is 18.7 Å². The van der Waals surface area contributed by atoms with Crippen LogP contribution in [0.4, 0.5) is 0 Å². The zero-order valence-corrected chi connectivity index (χ0v) is 17.0. The quantitative estimate of drug-likeness (QED) is 0.439. The third kappa shape index (κ3) is 4.29. The number of piperidine rings is 1. The molecule has 8 nitrogen and oxygen atoms in total. The van der Waals surface area contributed by atoms with Gasteiger partial charge in [-0.05, 0) is 25.0 Å². The number of nitrogens with zero attached hydrogens (tertiary/aromatic N) is 3. The summed E-state index contributed by atoms with van der Waals surface area (Å²) in [5.74, 6) is 0.923. The van der Waals surface area contributed by atoms with Crippen molar-refractivity contribution >= 4 is 16.9 Å². The third-order valence-corrected chi connectivity index (χ3v) is 5.43. The van der Waals surface area contributed by atoms with E-state index in [9.17, 15) is 9.59 Å². The summed E-state index contributed by atoms with van der Waals surface area (Å²) >= 11 is 0. The summed E-state index contributed by atoms with van der Waals surface area (Å²) in [6.07, 6.45) is 5.23. The molecule has 3 aromatic rings. The minimum Gasteiger partial charge on any atom is -0.422 e. The fourth-order valence-corrected chi connectivity index (χ4v) is 3.82. The minimum atomic E-state index is -0.593. The van der Waals surface area contributed by atoms with Gasteiger partial charge in [0.05, 0.1) is 13.2 Å². The number of methoxy groups -OCH3 is 1. The second-order valence-electron chi connectivity index (χ2n) is 7.34. The van der Waals surface area contributed by atoms with Crippen molar-refractivity contribution in [1.29, 1.82) is 0 Å². The Hall–Kier alpha value is -2.97. The van der Waals surface area contributed by atoms with Gasteiger partial charge < -0.3 is 23.4 Å². The molecule has 158 valence electrons. The van der Waals surface area contributed by atoms with Crippen molar-refractivity contribution in [3.05, 3.63) is 64.5 Å². The second kappa shape index (κ2) is 9.23. The van der Waals surface area contributed by atoms with Crippen LogP contribution < -0.4 is 5.63 Å². The molecule has 0 atom stereocenters. The van der Waals surface area contributed by atoms with Crippen molar-refractivity contribution in [2.24, 2.45) is 0 Å². The van der Waals surface area contributed by atoms with Gasteiger partial charge >= 0.3 is 5.63 Å². The van der Waals surface area contributed by atoms with Crippen molar-refractivity contribution in [3.63, 3.8) is 0 Å². The smallest absolute Gasteiger partial charge is 0.349 e. The van der Waals surface area contributed by atoms with Gasteiger partial charge in [-0.25, -0.2) is 9.78 Å². The molecule has 4 rings (SSSR count). The van der Waals surface area contributed by atoms with Gasteiger partial charge in [0.2, 0.25) is 0 Å². The molecule has 0 unspecified atom stereocenters. The normalized spacial score (nSPS) is 15.0. The van der Waals surface area contributed by atoms with E-state index in [1.54, 1.807) is 36.4 Å². The van der Waals surface area contributed by atoms with Crippen LogP contribution in [0.2, 0.25) is 0 Å². The van der Waals surface area contributed by atoms with Crippen LogP contribution in [0.25, 0.3) is 11.0 Å². The predicted octanol–water partition coefficient (Wildman–Crippen LogP) is 2.63. The van der Waals surface area contributed by atoms with E-state index in [1.807, 2.05) is 22.9 Å². The van der Waals surface area contributed by atoms with E-state index in [2.05, 4.69) is 4.98 Å². The zero-order valence-electron chi connectivity index (χ0n) is 17.0. The number of likely N-dealkylation sites (tertiary alicyclic amines) is 1. The van der Waals surface area contributed by atoms with Crippen molar-refractivity contribution in [1.82, 2.24) is 14.5 Å². The van der Waals surface area contributed by atoms with Crippen LogP contribution in [0.15, 0.2) is 51.9 Å². The average molecular weight is 411 g/mol. The van der Waals surface area contributed by atoms with E-state index in [0.717, 1.165) is 24.1 Å². The van der Waals surface area contributed by atoms with Gasteiger partial charge in [0.25, 0.3) is 5.91 Å². The first-order chi connectivity index (χ1) is 14.7. The molecule has 1 amide bonds. The molecule has 1 aliphatic rings. The Morgan fingerprint density at radius 1 is 1.23 bits per heavy atom. The Kier molecular flexibility index (Phi) is 6.25. The van der Waals surface area contributed by atoms with Gasteiger partial charge in [0.15, 0.2) is 0 Å². The molecule has 0 spiro atoms. The summed E-state index contributed by atoms with van der Waals surface area (Å²) in [6.45, 7) is 2.62. The maximum Gasteiger partial charge on any atom is 0.349 e. The van der Waals surface area contributed by atoms with Crippen molar-refractivity contribution in [3.8, 4) is 0 Å². The molecular weight excluding hydrogens is 386 g/mol. The lowest BCUT2D eigenvalue weighted by molar-refractivity contribution is 0.0318. The number of amides is 1. The maximum absolute atomic E-state index is 12.9. The molecule has 1 aromatic carbocycles. The highest BCUT2D eigenvalue weighted by Crippen LogP contribution is 2.27. The average Bonchev–Trinajstić information content (AvgIpc) is 3.24. The Labute approximate surface area is 174 Å². The third-order valence-electron chi connectivity index (χ3n) is 5.43. The zero-order chi connectivity index (χ0) is 20.9. The summed E-state index contributed by atoms with van der Waals surface area (Å²) in [4.78, 5) is 31.5. The summed E-state index contributed by atoms with van der Waals surface area (Å²) < 4.78 is 17.9. The van der Waals surface area contributed by atoms with Gasteiger partial charge in [-0.3, -0.25) is 4.79 Å². The van der Waals surface area contributed by atoms with Crippen LogP contribution in [-0.2, 0) is 16.2 Å². The largest absolute Gasteiger partial charge is 0.422 e. The van der Waals surface area contributed by atoms with E-state index in [1.165, 1.54) is 0 Å². The highest BCUT2D eigenvalue weighted by Gasteiger charge is 2.28. The van der Waals surface area contributed by atoms with Gasteiger partial charge in [0.1, 0.15) is 23.7 Å². The molecule has 1 fully saturated rings. The number of carbonyl (C=O) groups excluding carboxylic acids is 1. The van der Waals surface area contributed by atoms with Crippen LogP contribution in [0.1, 0.15) is 34.9 Å². The predicted molar refractivity (Wildman–Crippen MR) is 110 cm³/mol. The number of aromatic nitrogens is 2. The van der Waals surface area contributed by atoms with Gasteiger partial charge in [-0.15, -0.1) is 0 Å². The fourth-order valence-electron chi connectivity index (χ4n) is 3.82. The molecule has 0 radical (unpaired) electrons. The number of hydrogen-bond acceptors (Lipinski definition) is 6. The fraction of sp³-hybridized carbons (Fsp3) is 0.409. The highest BCUT2D eigenvalue weighted by molar-refractivity contribution is 5.96. The number of rotatable bonds is 7. The molecule has 0 N–H and O–H groups in total. The molecular formula is C22H25N3O5. The SMILES string of the molecule is COCCOCn1ccnc1C1CCN(C(=O)c2cc3ccccc3oc2=O)CC1. The van der Waals surface area contributed by atoms with Crippen molar-refractivity contribution in [2.75, 3.05) is 33.4 Å². The van der Waals surface area contributed by atoms with Crippen LogP contribution >= 0.6 is 0 Å². The molecule has 1 aliphatic heterocycles. The van der Waals surface area contributed by atoms with Crippen LogP contribution in [-0.4, -0.2) is 53.8 Å². The number of fused-ring (bicyclic) bond motifs is 1. The van der Waals surface area contributed by atoms with Gasteiger partial charge in [-0.1, -0.05) is 18.2 Å². The molecule has 0 saturated carbocycles. The molecule has 0 aliphatic carbocycles. The van der Waals surface area contributed by atoms with Gasteiger partial charge in [0, 0.05) is 43.9 Å². The van der Waals surface area contributed by atoms with E-state index in [4.69, 9.17) is 13.9 Å². The summed E-state index contributed by atoms with van der Waals surface area (Å²) in [5, 5.41) is 0.742. The minimum absolute atomic E-state index is 0.0835. The number of benzene rings is 1. The van der Waals surface area contributed by atoms with Crippen LogP contribution in [0.3, 0.4) is 0 Å². The maximum atomic E-state index is 12.9. The Morgan fingerprint density at radius 2 is 2.03 bits per heavy atom. The summed E-state index contributed by atoms with van der Waals surface area (Å²) in [6, 6.07) is 8.82. The lowest BCUT2D eigenvalue weighted by Crippen LogP contribution is -2.40. The molecule has 30 heavy (non-hydrogen) atoms. The standard InChI is InChI=1S/C22H25N3O5/c1-28-12-13-29-15-25-11-8-23-20(25)16-6-9-24(10-7-16)21(26)18-14-17-4-2-3-5-19(17)30-22(18)27/h2-5,8,11,14,16H,6-7,9-10,12-13,15H2,1H3. The molecule has 2 aromatic heterocycles. The van der Waals surface area contributed by atoms with E-state index in [0.29, 0.717) is 38.6 Å². The number of ether oxygens (including phenoxy) is 2. The first-order valence-corrected chi connectivity index (χ1v) is 10.1. The highest BCUT2D eigenvalue weighted by atomic mass is 16.5. The Balaban J connectivity index is 1.41. The summed E-state index contributed by atoms with van der Waals surface area (Å²) in [7, 11) is 1.64. The lowest BCUT2D eigenvalue weighted by atomic mass is 9.95. The van der Waals surface area contributed by atoms with Crippen LogP contribution in [0, 0.1) is 0 Å². The van der Waals surface area contributed by atoms with E-state index >= 15 is 0 Å². The Morgan fingerprint density at radius 3 is 2.83 bits per heavy atom. The number of para-hydroxylation sites is 1. The molecule has 1 saturated heterocycles. The van der Waals surface area contributed by atoms with Crippen LogP contribution in [0.5, 0.6) is 0 Å². The molecule has 3 heterocycles. The number of hydrogen-bond donors (Lipinski definition) is 0. The monoisotopic (exact) mass is 411 g/mol.